The Balaban J connectivity index is 1.94. The SMILES string of the molecule is CC(N)CS(=O)C1CCOC2(CCOCC2)C1. The molecule has 0 aromatic heterocycles. The molecule has 2 fully saturated rings. The van der Waals surface area contributed by atoms with E-state index in [0.717, 1.165) is 45.5 Å². The van der Waals surface area contributed by atoms with Crippen molar-refractivity contribution < 1.29 is 13.7 Å². The first-order chi connectivity index (χ1) is 8.11. The zero-order chi connectivity index (χ0) is 12.3. The van der Waals surface area contributed by atoms with E-state index in [2.05, 4.69) is 0 Å². The number of rotatable bonds is 3. The summed E-state index contributed by atoms with van der Waals surface area (Å²) in [7, 11) is -0.810. The van der Waals surface area contributed by atoms with E-state index >= 15 is 0 Å². The molecular weight excluding hydrogens is 238 g/mol. The Labute approximate surface area is 106 Å². The summed E-state index contributed by atoms with van der Waals surface area (Å²) in [6.07, 6.45) is 3.70. The zero-order valence-corrected chi connectivity index (χ0v) is 11.3. The zero-order valence-electron chi connectivity index (χ0n) is 10.5. The second kappa shape index (κ2) is 5.78. The summed E-state index contributed by atoms with van der Waals surface area (Å²) in [5, 5.41) is 0.257. The highest BCUT2D eigenvalue weighted by Crippen LogP contribution is 2.36. The van der Waals surface area contributed by atoms with E-state index < -0.39 is 10.8 Å². The van der Waals surface area contributed by atoms with E-state index in [9.17, 15) is 4.21 Å². The molecule has 3 unspecified atom stereocenters. The largest absolute Gasteiger partial charge is 0.381 e. The predicted octanol–water partition coefficient (Wildman–Crippen LogP) is 0.811. The third kappa shape index (κ3) is 3.50. The van der Waals surface area contributed by atoms with Crippen molar-refractivity contribution in [3.8, 4) is 0 Å². The van der Waals surface area contributed by atoms with Gasteiger partial charge in [0.05, 0.1) is 5.60 Å². The smallest absolute Gasteiger partial charge is 0.0737 e. The summed E-state index contributed by atoms with van der Waals surface area (Å²) < 4.78 is 23.5. The lowest BCUT2D eigenvalue weighted by Crippen LogP contribution is -2.47. The van der Waals surface area contributed by atoms with Crippen LogP contribution in [0.3, 0.4) is 0 Å². The second-order valence-corrected chi connectivity index (χ2v) is 7.04. The van der Waals surface area contributed by atoms with Gasteiger partial charge in [-0.2, -0.15) is 0 Å². The van der Waals surface area contributed by atoms with Crippen LogP contribution in [0.1, 0.15) is 32.6 Å². The van der Waals surface area contributed by atoms with Crippen LogP contribution in [0.5, 0.6) is 0 Å². The van der Waals surface area contributed by atoms with Crippen LogP contribution in [0.2, 0.25) is 0 Å². The van der Waals surface area contributed by atoms with Crippen molar-refractivity contribution in [1.82, 2.24) is 0 Å². The molecule has 4 nitrogen and oxygen atoms in total. The second-order valence-electron chi connectivity index (χ2n) is 5.28. The molecule has 0 saturated carbocycles. The Hall–Kier alpha value is 0.0300. The Bertz CT molecular complexity index is 271. The van der Waals surface area contributed by atoms with Crippen molar-refractivity contribution in [3.05, 3.63) is 0 Å². The predicted molar refractivity (Wildman–Crippen MR) is 68.4 cm³/mol. The van der Waals surface area contributed by atoms with E-state index in [1.54, 1.807) is 0 Å². The van der Waals surface area contributed by atoms with Crippen LogP contribution >= 0.6 is 0 Å². The lowest BCUT2D eigenvalue weighted by Gasteiger charge is -2.43. The molecule has 0 amide bonds. The molecule has 3 atom stereocenters. The van der Waals surface area contributed by atoms with Crippen LogP contribution in [-0.2, 0) is 20.3 Å². The summed E-state index contributed by atoms with van der Waals surface area (Å²) in [5.41, 5.74) is 5.66. The van der Waals surface area contributed by atoms with Gasteiger partial charge >= 0.3 is 0 Å². The fraction of sp³-hybridized carbons (Fsp3) is 1.00. The van der Waals surface area contributed by atoms with Gasteiger partial charge in [-0.3, -0.25) is 4.21 Å². The van der Waals surface area contributed by atoms with Crippen molar-refractivity contribution in [3.63, 3.8) is 0 Å². The number of ether oxygens (including phenoxy) is 2. The van der Waals surface area contributed by atoms with Crippen LogP contribution in [0.4, 0.5) is 0 Å². The summed E-state index contributed by atoms with van der Waals surface area (Å²) in [5.74, 6) is 0.608. The maximum atomic E-state index is 12.2. The van der Waals surface area contributed by atoms with Gasteiger partial charge in [-0.1, -0.05) is 0 Å². The summed E-state index contributed by atoms with van der Waals surface area (Å²) >= 11 is 0. The quantitative estimate of drug-likeness (QED) is 0.816. The highest BCUT2D eigenvalue weighted by atomic mass is 32.2. The molecule has 2 rings (SSSR count). The van der Waals surface area contributed by atoms with Gasteiger partial charge in [0, 0.05) is 47.7 Å². The van der Waals surface area contributed by atoms with Gasteiger partial charge in [-0.05, 0) is 32.6 Å². The number of hydrogen-bond acceptors (Lipinski definition) is 4. The molecule has 1 spiro atoms. The van der Waals surface area contributed by atoms with Gasteiger partial charge in [-0.25, -0.2) is 0 Å². The Morgan fingerprint density at radius 2 is 2.12 bits per heavy atom. The molecule has 2 N–H and O–H groups in total. The first kappa shape index (κ1) is 13.5. The lowest BCUT2D eigenvalue weighted by atomic mass is 9.86. The minimum atomic E-state index is -0.810. The maximum absolute atomic E-state index is 12.2. The minimum absolute atomic E-state index is 0.0179. The molecular formula is C12H23NO3S. The standard InChI is InChI=1S/C12H23NO3S/c1-10(13)9-17(14)11-2-5-16-12(8-11)3-6-15-7-4-12/h10-11H,2-9,13H2,1H3. The van der Waals surface area contributed by atoms with Gasteiger partial charge in [-0.15, -0.1) is 0 Å². The maximum Gasteiger partial charge on any atom is 0.0737 e. The van der Waals surface area contributed by atoms with Crippen molar-refractivity contribution in [2.45, 2.75) is 49.5 Å². The van der Waals surface area contributed by atoms with Gasteiger partial charge in [0.2, 0.25) is 0 Å². The Kier molecular flexibility index (Phi) is 4.58. The molecule has 0 bridgehead atoms. The van der Waals surface area contributed by atoms with Crippen LogP contribution in [-0.4, -0.2) is 46.7 Å². The highest BCUT2D eigenvalue weighted by Gasteiger charge is 2.40. The van der Waals surface area contributed by atoms with Crippen molar-refractivity contribution in [2.24, 2.45) is 5.73 Å². The van der Waals surface area contributed by atoms with Crippen LogP contribution < -0.4 is 5.73 Å². The third-order valence-electron chi connectivity index (χ3n) is 3.65. The highest BCUT2D eigenvalue weighted by molar-refractivity contribution is 7.85. The van der Waals surface area contributed by atoms with E-state index in [-0.39, 0.29) is 16.9 Å². The molecule has 2 saturated heterocycles. The van der Waals surface area contributed by atoms with Crippen LogP contribution in [0.15, 0.2) is 0 Å². The fourth-order valence-corrected chi connectivity index (χ4v) is 4.33. The number of nitrogens with two attached hydrogens (primary N) is 1. The molecule has 17 heavy (non-hydrogen) atoms. The Morgan fingerprint density at radius 3 is 2.76 bits per heavy atom. The van der Waals surface area contributed by atoms with E-state index in [1.165, 1.54) is 0 Å². The van der Waals surface area contributed by atoms with E-state index in [1.807, 2.05) is 6.92 Å². The average Bonchev–Trinajstić information content (AvgIpc) is 2.29. The molecule has 0 radical (unpaired) electrons. The van der Waals surface area contributed by atoms with Gasteiger partial charge < -0.3 is 15.2 Å². The molecule has 2 heterocycles. The number of hydrogen-bond donors (Lipinski definition) is 1. The summed E-state index contributed by atoms with van der Waals surface area (Å²) in [6, 6.07) is 0.0179. The monoisotopic (exact) mass is 261 g/mol. The summed E-state index contributed by atoms with van der Waals surface area (Å²) in [6.45, 7) is 4.19. The first-order valence-corrected chi connectivity index (χ1v) is 7.84. The molecule has 2 aliphatic heterocycles. The van der Waals surface area contributed by atoms with Crippen molar-refractivity contribution >= 4 is 10.8 Å². The molecule has 2 aliphatic rings. The molecule has 0 aromatic carbocycles. The minimum Gasteiger partial charge on any atom is -0.381 e. The fourth-order valence-electron chi connectivity index (χ4n) is 2.69. The van der Waals surface area contributed by atoms with Gasteiger partial charge in [0.1, 0.15) is 0 Å². The van der Waals surface area contributed by atoms with Gasteiger partial charge in [0.25, 0.3) is 0 Å². The van der Waals surface area contributed by atoms with E-state index in [0.29, 0.717) is 5.75 Å². The van der Waals surface area contributed by atoms with Crippen molar-refractivity contribution in [1.29, 1.82) is 0 Å². The topological polar surface area (TPSA) is 61.6 Å². The molecule has 5 heteroatoms. The van der Waals surface area contributed by atoms with Crippen molar-refractivity contribution in [2.75, 3.05) is 25.6 Å². The average molecular weight is 261 g/mol. The summed E-state index contributed by atoms with van der Waals surface area (Å²) in [4.78, 5) is 0. The first-order valence-electron chi connectivity index (χ1n) is 6.46. The third-order valence-corrected chi connectivity index (χ3v) is 5.65. The molecule has 100 valence electrons. The molecule has 0 aromatic rings. The Morgan fingerprint density at radius 1 is 1.41 bits per heavy atom. The van der Waals surface area contributed by atoms with E-state index in [4.69, 9.17) is 15.2 Å². The normalized spacial score (nSPS) is 32.2. The van der Waals surface area contributed by atoms with Crippen LogP contribution in [0.25, 0.3) is 0 Å². The van der Waals surface area contributed by atoms with Crippen LogP contribution in [0, 0.1) is 0 Å². The van der Waals surface area contributed by atoms with Gasteiger partial charge in [0.15, 0.2) is 0 Å². The lowest BCUT2D eigenvalue weighted by molar-refractivity contribution is -0.131. The molecule has 0 aliphatic carbocycles.